The first-order chi connectivity index (χ1) is 9.88. The normalized spacial score (nSPS) is 10.4. The Bertz CT molecular complexity index is 703. The summed E-state index contributed by atoms with van der Waals surface area (Å²) in [6, 6.07) is 5.66. The van der Waals surface area contributed by atoms with Gasteiger partial charge in [0.2, 0.25) is 0 Å². The van der Waals surface area contributed by atoms with Crippen molar-refractivity contribution >= 4 is 11.7 Å². The number of aromatic carboxylic acids is 1. The van der Waals surface area contributed by atoms with E-state index in [1.165, 1.54) is 24.3 Å². The van der Waals surface area contributed by atoms with Crippen molar-refractivity contribution in [1.82, 2.24) is 0 Å². The van der Waals surface area contributed by atoms with Crippen LogP contribution in [-0.2, 0) is 6.61 Å². The lowest BCUT2D eigenvalue weighted by Gasteiger charge is -2.07. The zero-order chi connectivity index (χ0) is 15.6. The SMILES string of the molecule is Cc1cc([N+](=O)[O-])ccc1OCc1cc(C(=O)O)c(C)o1. The summed E-state index contributed by atoms with van der Waals surface area (Å²) in [7, 11) is 0. The van der Waals surface area contributed by atoms with E-state index in [9.17, 15) is 14.9 Å². The molecule has 1 heterocycles. The molecule has 7 heteroatoms. The highest BCUT2D eigenvalue weighted by Gasteiger charge is 2.15. The molecule has 7 nitrogen and oxygen atoms in total. The van der Waals surface area contributed by atoms with Crippen LogP contribution in [0.2, 0.25) is 0 Å². The Morgan fingerprint density at radius 1 is 1.38 bits per heavy atom. The summed E-state index contributed by atoms with van der Waals surface area (Å²) in [5.41, 5.74) is 0.696. The van der Waals surface area contributed by atoms with Gasteiger partial charge in [0.15, 0.2) is 0 Å². The van der Waals surface area contributed by atoms with Gasteiger partial charge in [0.1, 0.15) is 29.4 Å². The molecular formula is C14H13NO6. The average Bonchev–Trinajstić information content (AvgIpc) is 2.78. The summed E-state index contributed by atoms with van der Waals surface area (Å²) in [5, 5.41) is 19.6. The van der Waals surface area contributed by atoms with Gasteiger partial charge in [-0.1, -0.05) is 0 Å². The van der Waals surface area contributed by atoms with Crippen LogP contribution in [0.4, 0.5) is 5.69 Å². The molecule has 0 saturated heterocycles. The Kier molecular flexibility index (Phi) is 3.93. The molecule has 2 rings (SSSR count). The maximum absolute atomic E-state index is 10.9. The van der Waals surface area contributed by atoms with Gasteiger partial charge in [-0.3, -0.25) is 10.1 Å². The second-order valence-electron chi connectivity index (χ2n) is 4.48. The second-order valence-corrected chi connectivity index (χ2v) is 4.48. The van der Waals surface area contributed by atoms with E-state index in [1.54, 1.807) is 13.8 Å². The predicted octanol–water partition coefficient (Wildman–Crippen LogP) is 3.08. The molecule has 0 amide bonds. The zero-order valence-corrected chi connectivity index (χ0v) is 11.5. The molecule has 0 bridgehead atoms. The number of carboxylic acids is 1. The van der Waals surface area contributed by atoms with Gasteiger partial charge in [-0.05, 0) is 31.5 Å². The summed E-state index contributed by atoms with van der Waals surface area (Å²) in [5.74, 6) is 0.102. The summed E-state index contributed by atoms with van der Waals surface area (Å²) in [6.07, 6.45) is 0. The highest BCUT2D eigenvalue weighted by molar-refractivity contribution is 5.88. The summed E-state index contributed by atoms with van der Waals surface area (Å²) in [6.45, 7) is 3.30. The van der Waals surface area contributed by atoms with Crippen LogP contribution in [0, 0.1) is 24.0 Å². The fraction of sp³-hybridized carbons (Fsp3) is 0.214. The van der Waals surface area contributed by atoms with Crippen molar-refractivity contribution in [3.8, 4) is 5.75 Å². The molecule has 1 N–H and O–H groups in total. The van der Waals surface area contributed by atoms with E-state index >= 15 is 0 Å². The molecule has 1 aromatic carbocycles. The topological polar surface area (TPSA) is 103 Å². The van der Waals surface area contributed by atoms with Gasteiger partial charge < -0.3 is 14.3 Å². The first kappa shape index (κ1) is 14.6. The van der Waals surface area contributed by atoms with Crippen LogP contribution in [-0.4, -0.2) is 16.0 Å². The number of non-ortho nitro benzene ring substituents is 1. The third-order valence-corrected chi connectivity index (χ3v) is 2.94. The molecule has 21 heavy (non-hydrogen) atoms. The molecule has 0 unspecified atom stereocenters. The van der Waals surface area contributed by atoms with Crippen LogP contribution in [0.5, 0.6) is 5.75 Å². The Morgan fingerprint density at radius 2 is 2.10 bits per heavy atom. The monoisotopic (exact) mass is 291 g/mol. The van der Waals surface area contributed by atoms with E-state index in [4.69, 9.17) is 14.3 Å². The minimum absolute atomic E-state index is 0.0122. The number of furan rings is 1. The van der Waals surface area contributed by atoms with Crippen LogP contribution in [0.15, 0.2) is 28.7 Å². The van der Waals surface area contributed by atoms with Gasteiger partial charge in [0.05, 0.1) is 4.92 Å². The number of hydrogen-bond acceptors (Lipinski definition) is 5. The van der Waals surface area contributed by atoms with E-state index in [2.05, 4.69) is 0 Å². The molecule has 0 spiro atoms. The summed E-state index contributed by atoms with van der Waals surface area (Å²) < 4.78 is 10.8. The van der Waals surface area contributed by atoms with Crippen molar-refractivity contribution in [1.29, 1.82) is 0 Å². The Morgan fingerprint density at radius 3 is 2.62 bits per heavy atom. The standard InChI is InChI=1S/C14H13NO6/c1-8-5-10(15(18)19)3-4-13(8)20-7-11-6-12(14(16)17)9(2)21-11/h3-6H,7H2,1-2H3,(H,16,17). The van der Waals surface area contributed by atoms with E-state index < -0.39 is 10.9 Å². The minimum Gasteiger partial charge on any atom is -0.485 e. The first-order valence-electron chi connectivity index (χ1n) is 6.09. The molecule has 2 aromatic rings. The van der Waals surface area contributed by atoms with Gasteiger partial charge in [-0.2, -0.15) is 0 Å². The van der Waals surface area contributed by atoms with E-state index in [-0.39, 0.29) is 17.9 Å². The lowest BCUT2D eigenvalue weighted by atomic mass is 10.2. The fourth-order valence-electron chi connectivity index (χ4n) is 1.89. The van der Waals surface area contributed by atoms with Crippen LogP contribution in [0.1, 0.15) is 27.4 Å². The Labute approximate surface area is 119 Å². The first-order valence-corrected chi connectivity index (χ1v) is 6.09. The number of nitro groups is 1. The number of aryl methyl sites for hydroxylation is 2. The average molecular weight is 291 g/mol. The lowest BCUT2D eigenvalue weighted by molar-refractivity contribution is -0.384. The highest BCUT2D eigenvalue weighted by Crippen LogP contribution is 2.24. The third kappa shape index (κ3) is 3.19. The molecule has 0 aliphatic rings. The predicted molar refractivity (Wildman–Crippen MR) is 72.6 cm³/mol. The van der Waals surface area contributed by atoms with E-state index in [0.29, 0.717) is 22.8 Å². The van der Waals surface area contributed by atoms with Gasteiger partial charge in [0.25, 0.3) is 5.69 Å². The van der Waals surface area contributed by atoms with Crippen LogP contribution in [0.3, 0.4) is 0 Å². The Balaban J connectivity index is 2.11. The summed E-state index contributed by atoms with van der Waals surface area (Å²) >= 11 is 0. The molecule has 0 aliphatic heterocycles. The molecule has 0 fully saturated rings. The third-order valence-electron chi connectivity index (χ3n) is 2.94. The van der Waals surface area contributed by atoms with E-state index in [1.807, 2.05) is 0 Å². The summed E-state index contributed by atoms with van der Waals surface area (Å²) in [4.78, 5) is 21.1. The zero-order valence-electron chi connectivity index (χ0n) is 11.5. The number of carbonyl (C=O) groups is 1. The van der Waals surface area contributed by atoms with E-state index in [0.717, 1.165) is 0 Å². The largest absolute Gasteiger partial charge is 0.485 e. The number of ether oxygens (including phenoxy) is 1. The van der Waals surface area contributed by atoms with Crippen LogP contribution < -0.4 is 4.74 Å². The van der Waals surface area contributed by atoms with Crippen molar-refractivity contribution in [2.45, 2.75) is 20.5 Å². The lowest BCUT2D eigenvalue weighted by Crippen LogP contribution is -1.97. The fourth-order valence-corrected chi connectivity index (χ4v) is 1.89. The Hall–Kier alpha value is -2.83. The molecule has 1 aromatic heterocycles. The smallest absolute Gasteiger partial charge is 0.339 e. The highest BCUT2D eigenvalue weighted by atomic mass is 16.6. The number of nitro benzene ring substituents is 1. The van der Waals surface area contributed by atoms with Crippen molar-refractivity contribution in [3.63, 3.8) is 0 Å². The van der Waals surface area contributed by atoms with Crippen LogP contribution >= 0.6 is 0 Å². The van der Waals surface area contributed by atoms with Gasteiger partial charge in [-0.15, -0.1) is 0 Å². The number of nitrogens with zero attached hydrogens (tertiary/aromatic N) is 1. The van der Waals surface area contributed by atoms with Gasteiger partial charge in [-0.25, -0.2) is 4.79 Å². The van der Waals surface area contributed by atoms with Crippen molar-refractivity contribution < 1.29 is 24.0 Å². The molecule has 0 aliphatic carbocycles. The maximum atomic E-state index is 10.9. The molecule has 0 radical (unpaired) electrons. The van der Waals surface area contributed by atoms with Gasteiger partial charge in [0, 0.05) is 12.1 Å². The van der Waals surface area contributed by atoms with Crippen molar-refractivity contribution in [2.75, 3.05) is 0 Å². The molecular weight excluding hydrogens is 278 g/mol. The number of benzene rings is 1. The van der Waals surface area contributed by atoms with Gasteiger partial charge >= 0.3 is 5.97 Å². The maximum Gasteiger partial charge on any atom is 0.339 e. The number of carboxylic acid groups (broad SMARTS) is 1. The van der Waals surface area contributed by atoms with Crippen molar-refractivity contribution in [2.24, 2.45) is 0 Å². The minimum atomic E-state index is -1.06. The second kappa shape index (κ2) is 5.66. The number of hydrogen-bond donors (Lipinski definition) is 1. The number of rotatable bonds is 5. The quantitative estimate of drug-likeness (QED) is 0.670. The van der Waals surface area contributed by atoms with Crippen LogP contribution in [0.25, 0.3) is 0 Å². The van der Waals surface area contributed by atoms with Crippen molar-refractivity contribution in [3.05, 3.63) is 57.0 Å². The molecule has 0 saturated carbocycles. The molecule has 0 atom stereocenters. The molecule has 110 valence electrons.